The van der Waals surface area contributed by atoms with Crippen molar-refractivity contribution in [3.63, 3.8) is 0 Å². The van der Waals surface area contributed by atoms with Gasteiger partial charge in [0.2, 0.25) is 5.88 Å². The maximum absolute atomic E-state index is 12.5. The van der Waals surface area contributed by atoms with Gasteiger partial charge in [-0.15, -0.1) is 10.2 Å². The van der Waals surface area contributed by atoms with Crippen molar-refractivity contribution >= 4 is 15.7 Å². The van der Waals surface area contributed by atoms with Crippen molar-refractivity contribution < 1.29 is 17.9 Å². The smallest absolute Gasteiger partial charge is 0.255 e. The quantitative estimate of drug-likeness (QED) is 0.802. The third kappa shape index (κ3) is 3.63. The van der Waals surface area contributed by atoms with Crippen LogP contribution in [0.5, 0.6) is 5.88 Å². The van der Waals surface area contributed by atoms with Crippen molar-refractivity contribution in [2.45, 2.75) is 25.8 Å². The van der Waals surface area contributed by atoms with Gasteiger partial charge in [0, 0.05) is 12.1 Å². The van der Waals surface area contributed by atoms with Crippen LogP contribution < -0.4 is 10.1 Å². The molecule has 1 aliphatic rings. The molecule has 25 heavy (non-hydrogen) atoms. The van der Waals surface area contributed by atoms with Crippen LogP contribution in [0.1, 0.15) is 29.4 Å². The Morgan fingerprint density at radius 3 is 2.76 bits per heavy atom. The molecule has 1 unspecified atom stereocenters. The highest BCUT2D eigenvalue weighted by Crippen LogP contribution is 2.17. The molecule has 134 valence electrons. The predicted molar refractivity (Wildman–Crippen MR) is 89.6 cm³/mol. The van der Waals surface area contributed by atoms with Gasteiger partial charge in [0.25, 0.3) is 5.91 Å². The number of carbonyl (C=O) groups is 1. The van der Waals surface area contributed by atoms with Gasteiger partial charge in [-0.05, 0) is 18.9 Å². The number of hydrogen-bond donors (Lipinski definition) is 1. The lowest BCUT2D eigenvalue weighted by Gasteiger charge is -2.11. The first-order valence-corrected chi connectivity index (χ1v) is 9.72. The summed E-state index contributed by atoms with van der Waals surface area (Å²) in [5.74, 6) is 0.624. The van der Waals surface area contributed by atoms with Crippen LogP contribution in [0.3, 0.4) is 0 Å². The van der Waals surface area contributed by atoms with E-state index < -0.39 is 9.84 Å². The van der Waals surface area contributed by atoms with E-state index in [1.54, 1.807) is 16.8 Å². The number of carbonyl (C=O) groups excluding carboxylic acids is 1. The van der Waals surface area contributed by atoms with Crippen LogP contribution in [0.4, 0.5) is 0 Å². The van der Waals surface area contributed by atoms with Crippen LogP contribution in [-0.4, -0.2) is 59.0 Å². The van der Waals surface area contributed by atoms with Crippen LogP contribution in [0.2, 0.25) is 0 Å². The summed E-state index contributed by atoms with van der Waals surface area (Å²) in [5, 5.41) is 15.0. The minimum absolute atomic E-state index is 0.0156. The van der Waals surface area contributed by atoms with E-state index in [0.29, 0.717) is 35.8 Å². The molecule has 0 aliphatic carbocycles. The summed E-state index contributed by atoms with van der Waals surface area (Å²) in [6.07, 6.45) is 2.45. The molecule has 1 N–H and O–H groups in total. The first-order valence-electron chi connectivity index (χ1n) is 7.89. The summed E-state index contributed by atoms with van der Waals surface area (Å²) in [6.45, 7) is 1.90. The second-order valence-corrected chi connectivity index (χ2v) is 8.01. The lowest BCUT2D eigenvalue weighted by atomic mass is 10.1. The summed E-state index contributed by atoms with van der Waals surface area (Å²) in [7, 11) is -1.55. The van der Waals surface area contributed by atoms with Crippen molar-refractivity contribution in [1.29, 1.82) is 0 Å². The third-order valence-corrected chi connectivity index (χ3v) is 5.84. The van der Waals surface area contributed by atoms with Crippen LogP contribution in [0.15, 0.2) is 18.3 Å². The van der Waals surface area contributed by atoms with Gasteiger partial charge in [0.05, 0.1) is 36.1 Å². The summed E-state index contributed by atoms with van der Waals surface area (Å²) < 4.78 is 29.6. The van der Waals surface area contributed by atoms with Crippen molar-refractivity contribution in [2.24, 2.45) is 0 Å². The molecule has 2 aromatic rings. The molecule has 1 fully saturated rings. The topological polar surface area (TPSA) is 116 Å². The molecule has 2 aromatic heterocycles. The Labute approximate surface area is 145 Å². The summed E-state index contributed by atoms with van der Waals surface area (Å²) in [5.41, 5.74) is 1.09. The molecule has 10 heteroatoms. The summed E-state index contributed by atoms with van der Waals surface area (Å²) >= 11 is 0. The maximum Gasteiger partial charge on any atom is 0.255 e. The minimum Gasteiger partial charge on any atom is -0.480 e. The molecule has 1 amide bonds. The molecule has 0 saturated carbocycles. The van der Waals surface area contributed by atoms with Crippen LogP contribution in [0, 0.1) is 0 Å². The second kappa shape index (κ2) is 6.79. The van der Waals surface area contributed by atoms with E-state index in [1.165, 1.54) is 13.3 Å². The number of hydrogen-bond acceptors (Lipinski definition) is 7. The van der Waals surface area contributed by atoms with Crippen LogP contribution >= 0.6 is 0 Å². The standard InChI is InChI=1S/C15H19N5O4S/c1-3-12-11(15(21)17-10-6-7-25(22,23)9-10)8-16-20(12)13-4-5-14(24-2)19-18-13/h4-5,8,10H,3,6-7,9H2,1-2H3,(H,17,21). The molecule has 0 aromatic carbocycles. The van der Waals surface area contributed by atoms with Crippen molar-refractivity contribution in [1.82, 2.24) is 25.3 Å². The number of sulfone groups is 1. The normalized spacial score (nSPS) is 18.9. The zero-order valence-corrected chi connectivity index (χ0v) is 14.8. The molecule has 0 spiro atoms. The Morgan fingerprint density at radius 2 is 2.20 bits per heavy atom. The number of nitrogens with zero attached hydrogens (tertiary/aromatic N) is 4. The van der Waals surface area contributed by atoms with E-state index in [2.05, 4.69) is 20.6 Å². The van der Waals surface area contributed by atoms with Crippen molar-refractivity contribution in [2.75, 3.05) is 18.6 Å². The Morgan fingerprint density at radius 1 is 1.40 bits per heavy atom. The van der Waals surface area contributed by atoms with Gasteiger partial charge in [-0.25, -0.2) is 13.1 Å². The average Bonchev–Trinajstić information content (AvgIpc) is 3.17. The van der Waals surface area contributed by atoms with Crippen molar-refractivity contribution in [3.8, 4) is 11.7 Å². The largest absolute Gasteiger partial charge is 0.480 e. The fourth-order valence-electron chi connectivity index (χ4n) is 2.81. The van der Waals surface area contributed by atoms with E-state index in [-0.39, 0.29) is 23.5 Å². The highest BCUT2D eigenvalue weighted by Gasteiger charge is 2.30. The molecule has 3 heterocycles. The Hall–Kier alpha value is -2.49. The van der Waals surface area contributed by atoms with Gasteiger partial charge in [-0.3, -0.25) is 4.79 Å². The number of ether oxygens (including phenoxy) is 1. The average molecular weight is 365 g/mol. The second-order valence-electron chi connectivity index (χ2n) is 5.78. The van der Waals surface area contributed by atoms with Gasteiger partial charge in [-0.1, -0.05) is 6.92 Å². The molecule has 9 nitrogen and oxygen atoms in total. The Kier molecular flexibility index (Phi) is 4.71. The molecular weight excluding hydrogens is 346 g/mol. The van der Waals surface area contributed by atoms with Gasteiger partial charge < -0.3 is 10.1 Å². The monoisotopic (exact) mass is 365 g/mol. The highest BCUT2D eigenvalue weighted by atomic mass is 32.2. The van der Waals surface area contributed by atoms with E-state index in [1.807, 2.05) is 6.92 Å². The molecule has 1 atom stereocenters. The molecular formula is C15H19N5O4S. The Balaban J connectivity index is 1.82. The summed E-state index contributed by atoms with van der Waals surface area (Å²) in [6, 6.07) is 3.00. The molecule has 0 radical (unpaired) electrons. The zero-order valence-electron chi connectivity index (χ0n) is 14.0. The van der Waals surface area contributed by atoms with E-state index >= 15 is 0 Å². The lowest BCUT2D eigenvalue weighted by Crippen LogP contribution is -2.35. The minimum atomic E-state index is -3.05. The number of aromatic nitrogens is 4. The van der Waals surface area contributed by atoms with Crippen LogP contribution in [0.25, 0.3) is 5.82 Å². The molecule has 1 saturated heterocycles. The number of nitrogens with one attached hydrogen (secondary N) is 1. The zero-order chi connectivity index (χ0) is 18.0. The van der Waals surface area contributed by atoms with Crippen molar-refractivity contribution in [3.05, 3.63) is 29.6 Å². The van der Waals surface area contributed by atoms with Crippen LogP contribution in [-0.2, 0) is 16.3 Å². The fraction of sp³-hybridized carbons (Fsp3) is 0.467. The first kappa shape index (κ1) is 17.3. The Bertz CT molecular complexity index is 876. The van der Waals surface area contributed by atoms with E-state index in [0.717, 1.165) is 0 Å². The van der Waals surface area contributed by atoms with E-state index in [4.69, 9.17) is 4.74 Å². The van der Waals surface area contributed by atoms with Gasteiger partial charge in [0.15, 0.2) is 15.7 Å². The number of amides is 1. The lowest BCUT2D eigenvalue weighted by molar-refractivity contribution is 0.0940. The molecule has 0 bridgehead atoms. The molecule has 1 aliphatic heterocycles. The van der Waals surface area contributed by atoms with Gasteiger partial charge in [0.1, 0.15) is 0 Å². The van der Waals surface area contributed by atoms with E-state index in [9.17, 15) is 13.2 Å². The highest BCUT2D eigenvalue weighted by molar-refractivity contribution is 7.91. The first-order chi connectivity index (χ1) is 11.9. The predicted octanol–water partition coefficient (Wildman–Crippen LogP) is 0.150. The third-order valence-electron chi connectivity index (χ3n) is 4.07. The number of methoxy groups -OCH3 is 1. The fourth-order valence-corrected chi connectivity index (χ4v) is 4.48. The summed E-state index contributed by atoms with van der Waals surface area (Å²) in [4.78, 5) is 12.5. The SMILES string of the molecule is CCc1c(C(=O)NC2CCS(=O)(=O)C2)cnn1-c1ccc(OC)nn1. The number of rotatable bonds is 5. The van der Waals surface area contributed by atoms with Gasteiger partial charge in [-0.2, -0.15) is 5.10 Å². The van der Waals surface area contributed by atoms with Gasteiger partial charge >= 0.3 is 0 Å². The molecule has 3 rings (SSSR count). The maximum atomic E-state index is 12.5.